The Labute approximate surface area is 194 Å². The largest absolute Gasteiger partial charge is 0.469 e. The van der Waals surface area contributed by atoms with Gasteiger partial charge < -0.3 is 25.5 Å². The highest BCUT2D eigenvalue weighted by molar-refractivity contribution is 5.89. The van der Waals surface area contributed by atoms with Crippen molar-refractivity contribution >= 4 is 17.9 Å². The summed E-state index contributed by atoms with van der Waals surface area (Å²) in [4.78, 5) is 35.1. The molecule has 8 heteroatoms. The second kappa shape index (κ2) is 21.2. The first-order valence-electron chi connectivity index (χ1n) is 11.9. The molecule has 8 nitrogen and oxygen atoms in total. The molecule has 190 valence electrons. The Kier molecular flexibility index (Phi) is 21.5. The van der Waals surface area contributed by atoms with E-state index in [1.54, 1.807) is 0 Å². The van der Waals surface area contributed by atoms with E-state index < -0.39 is 36.4 Å². The van der Waals surface area contributed by atoms with E-state index in [4.69, 9.17) is 4.74 Å². The standard InChI is InChI=1S/C24H44O7.H3N/c1-4-5-6-7-8-9-10-11-12-13-14-15-16-17-18-31-22(26)20-24(28,23(27)30-3)19-21(25)29-2;/h28H,4-20H2,1-3H3;1H3. The zero-order valence-corrected chi connectivity index (χ0v) is 20.6. The van der Waals surface area contributed by atoms with Gasteiger partial charge in [-0.05, 0) is 6.42 Å². The molecular formula is C24H47NO7. The predicted molar refractivity (Wildman–Crippen MR) is 125 cm³/mol. The van der Waals surface area contributed by atoms with Crippen LogP contribution in [-0.2, 0) is 28.6 Å². The van der Waals surface area contributed by atoms with Gasteiger partial charge in [0.15, 0.2) is 5.60 Å². The highest BCUT2D eigenvalue weighted by Gasteiger charge is 2.42. The van der Waals surface area contributed by atoms with Gasteiger partial charge in [0.2, 0.25) is 0 Å². The van der Waals surface area contributed by atoms with Crippen LogP contribution in [0.1, 0.15) is 110 Å². The van der Waals surface area contributed by atoms with Gasteiger partial charge in [0.05, 0.1) is 33.7 Å². The molecule has 0 saturated heterocycles. The Morgan fingerprint density at radius 3 is 1.47 bits per heavy atom. The van der Waals surface area contributed by atoms with Gasteiger partial charge >= 0.3 is 17.9 Å². The summed E-state index contributed by atoms with van der Waals surface area (Å²) in [6.45, 7) is 2.47. The number of hydrogen-bond donors (Lipinski definition) is 2. The minimum atomic E-state index is -2.27. The van der Waals surface area contributed by atoms with Crippen LogP contribution in [0, 0.1) is 0 Å². The summed E-state index contributed by atoms with van der Waals surface area (Å²) in [7, 11) is 2.21. The van der Waals surface area contributed by atoms with Crippen molar-refractivity contribution in [2.45, 2.75) is 115 Å². The van der Waals surface area contributed by atoms with E-state index in [-0.39, 0.29) is 12.8 Å². The molecule has 0 bridgehead atoms. The molecule has 4 N–H and O–H groups in total. The third-order valence-electron chi connectivity index (χ3n) is 5.43. The molecule has 1 unspecified atom stereocenters. The lowest BCUT2D eigenvalue weighted by Gasteiger charge is -2.22. The molecule has 0 aliphatic carbocycles. The molecular weight excluding hydrogens is 414 g/mol. The smallest absolute Gasteiger partial charge is 0.339 e. The lowest BCUT2D eigenvalue weighted by Crippen LogP contribution is -2.44. The first kappa shape index (κ1) is 32.5. The van der Waals surface area contributed by atoms with Crippen LogP contribution in [0.25, 0.3) is 0 Å². The van der Waals surface area contributed by atoms with Crippen LogP contribution in [0.3, 0.4) is 0 Å². The number of carbonyl (C=O) groups is 3. The van der Waals surface area contributed by atoms with Crippen molar-refractivity contribution in [3.63, 3.8) is 0 Å². The van der Waals surface area contributed by atoms with Gasteiger partial charge in [-0.2, -0.15) is 0 Å². The van der Waals surface area contributed by atoms with E-state index in [0.29, 0.717) is 0 Å². The van der Waals surface area contributed by atoms with E-state index in [0.717, 1.165) is 33.5 Å². The van der Waals surface area contributed by atoms with Crippen LogP contribution in [0.5, 0.6) is 0 Å². The van der Waals surface area contributed by atoms with Gasteiger partial charge in [0.25, 0.3) is 0 Å². The van der Waals surface area contributed by atoms with Crippen LogP contribution in [0.2, 0.25) is 0 Å². The summed E-state index contributed by atoms with van der Waals surface area (Å²) in [6.07, 6.45) is 16.0. The number of carbonyl (C=O) groups excluding carboxylic acids is 3. The van der Waals surface area contributed by atoms with Crippen LogP contribution in [0.4, 0.5) is 0 Å². The summed E-state index contributed by atoms with van der Waals surface area (Å²) in [5.74, 6) is -2.62. The quantitative estimate of drug-likeness (QED) is 0.146. The van der Waals surface area contributed by atoms with Crippen molar-refractivity contribution in [2.75, 3.05) is 20.8 Å². The monoisotopic (exact) mass is 461 g/mol. The second-order valence-corrected chi connectivity index (χ2v) is 8.27. The molecule has 0 spiro atoms. The lowest BCUT2D eigenvalue weighted by atomic mass is 9.95. The molecule has 1 atom stereocenters. The molecule has 0 saturated carbocycles. The second-order valence-electron chi connectivity index (χ2n) is 8.27. The van der Waals surface area contributed by atoms with Crippen LogP contribution in [-0.4, -0.2) is 49.4 Å². The Balaban J connectivity index is 0. The number of rotatable bonds is 20. The van der Waals surface area contributed by atoms with Gasteiger partial charge in [0.1, 0.15) is 0 Å². The van der Waals surface area contributed by atoms with Crippen LogP contribution >= 0.6 is 0 Å². The molecule has 0 radical (unpaired) electrons. The van der Waals surface area contributed by atoms with Crippen LogP contribution < -0.4 is 6.15 Å². The van der Waals surface area contributed by atoms with E-state index >= 15 is 0 Å². The number of esters is 3. The maximum Gasteiger partial charge on any atom is 0.339 e. The van der Waals surface area contributed by atoms with Crippen molar-refractivity contribution in [1.82, 2.24) is 6.15 Å². The molecule has 0 fully saturated rings. The first-order valence-corrected chi connectivity index (χ1v) is 11.9. The van der Waals surface area contributed by atoms with E-state index in [1.807, 2.05) is 0 Å². The Morgan fingerprint density at radius 2 is 1.06 bits per heavy atom. The fourth-order valence-electron chi connectivity index (χ4n) is 3.48. The van der Waals surface area contributed by atoms with Crippen molar-refractivity contribution in [3.8, 4) is 0 Å². The van der Waals surface area contributed by atoms with Gasteiger partial charge in [-0.25, -0.2) is 4.79 Å². The fraction of sp³-hybridized carbons (Fsp3) is 0.875. The SMILES string of the molecule is CCCCCCCCCCCCCCCCOC(=O)CC(O)(CC(=O)OC)C(=O)OC.N. The number of hydrogen-bond acceptors (Lipinski definition) is 8. The average Bonchev–Trinajstić information content (AvgIpc) is 2.75. The van der Waals surface area contributed by atoms with Crippen LogP contribution in [0.15, 0.2) is 0 Å². The average molecular weight is 462 g/mol. The normalized spacial score (nSPS) is 12.4. The summed E-state index contributed by atoms with van der Waals surface area (Å²) in [5.41, 5.74) is -2.27. The van der Waals surface area contributed by atoms with Crippen molar-refractivity contribution < 1.29 is 33.7 Å². The maximum atomic E-state index is 11.9. The van der Waals surface area contributed by atoms with Crippen molar-refractivity contribution in [1.29, 1.82) is 0 Å². The number of unbranched alkanes of at least 4 members (excludes halogenated alkanes) is 13. The minimum Gasteiger partial charge on any atom is -0.469 e. The van der Waals surface area contributed by atoms with Crippen molar-refractivity contribution in [2.24, 2.45) is 0 Å². The zero-order chi connectivity index (χ0) is 23.4. The van der Waals surface area contributed by atoms with Gasteiger partial charge in [0, 0.05) is 0 Å². The predicted octanol–water partition coefficient (Wildman–Crippen LogP) is 5.03. The van der Waals surface area contributed by atoms with E-state index in [2.05, 4.69) is 16.4 Å². The molecule has 0 aromatic carbocycles. The molecule has 32 heavy (non-hydrogen) atoms. The Bertz CT molecular complexity index is 499. The molecule has 0 amide bonds. The molecule has 0 aliphatic heterocycles. The Hall–Kier alpha value is -1.67. The highest BCUT2D eigenvalue weighted by atomic mass is 16.6. The third kappa shape index (κ3) is 17.0. The molecule has 0 rings (SSSR count). The fourth-order valence-corrected chi connectivity index (χ4v) is 3.48. The number of ether oxygens (including phenoxy) is 3. The van der Waals surface area contributed by atoms with E-state index in [1.165, 1.54) is 70.6 Å². The first-order chi connectivity index (χ1) is 14.9. The van der Waals surface area contributed by atoms with E-state index in [9.17, 15) is 19.5 Å². The molecule has 0 heterocycles. The molecule has 0 aromatic heterocycles. The summed E-state index contributed by atoms with van der Waals surface area (Å²) in [6, 6.07) is 0. The minimum absolute atomic E-state index is 0. The van der Waals surface area contributed by atoms with Gasteiger partial charge in [-0.1, -0.05) is 90.4 Å². The topological polar surface area (TPSA) is 134 Å². The lowest BCUT2D eigenvalue weighted by molar-refractivity contribution is -0.175. The Morgan fingerprint density at radius 1 is 0.656 bits per heavy atom. The zero-order valence-electron chi connectivity index (χ0n) is 20.6. The number of methoxy groups -OCH3 is 2. The summed E-state index contributed by atoms with van der Waals surface area (Å²) < 4.78 is 14.0. The summed E-state index contributed by atoms with van der Waals surface area (Å²) >= 11 is 0. The van der Waals surface area contributed by atoms with Crippen molar-refractivity contribution in [3.05, 3.63) is 0 Å². The number of aliphatic hydroxyl groups is 1. The molecule has 0 aromatic rings. The maximum absolute atomic E-state index is 11.9. The summed E-state index contributed by atoms with van der Waals surface area (Å²) in [5, 5.41) is 10.3. The highest BCUT2D eigenvalue weighted by Crippen LogP contribution is 2.19. The van der Waals surface area contributed by atoms with Gasteiger partial charge in [-0.15, -0.1) is 0 Å². The third-order valence-corrected chi connectivity index (χ3v) is 5.43. The molecule has 0 aliphatic rings. The van der Waals surface area contributed by atoms with Gasteiger partial charge in [-0.3, -0.25) is 9.59 Å².